The molecule has 0 amide bonds. The van der Waals surface area contributed by atoms with Crippen LogP contribution in [0.4, 0.5) is 0 Å². The first-order valence-electron chi connectivity index (χ1n) is 6.68. The van der Waals surface area contributed by atoms with Crippen LogP contribution in [-0.4, -0.2) is 28.5 Å². The summed E-state index contributed by atoms with van der Waals surface area (Å²) in [6, 6.07) is 8.69. The molecule has 19 heavy (non-hydrogen) atoms. The van der Waals surface area contributed by atoms with Crippen LogP contribution in [0.3, 0.4) is 0 Å². The lowest BCUT2D eigenvalue weighted by Crippen LogP contribution is -2.36. The van der Waals surface area contributed by atoms with Gasteiger partial charge in [-0.15, -0.1) is 0 Å². The predicted octanol–water partition coefficient (Wildman–Crippen LogP) is 2.81. The smallest absolute Gasteiger partial charge is 0.0761 e. The summed E-state index contributed by atoms with van der Waals surface area (Å²) in [5, 5.41) is 1.79. The highest BCUT2D eigenvalue weighted by Crippen LogP contribution is 2.27. The Kier molecular flexibility index (Phi) is 3.44. The van der Waals surface area contributed by atoms with E-state index in [-0.39, 0.29) is 6.04 Å². The zero-order chi connectivity index (χ0) is 13.4. The number of nitrogens with zero attached hydrogens (tertiary/aromatic N) is 2. The molecule has 3 nitrogen and oxygen atoms in total. The zero-order valence-corrected chi connectivity index (χ0v) is 11.8. The van der Waals surface area contributed by atoms with Crippen LogP contribution < -0.4 is 5.73 Å². The van der Waals surface area contributed by atoms with Gasteiger partial charge in [0.05, 0.1) is 5.52 Å². The van der Waals surface area contributed by atoms with Gasteiger partial charge in [-0.3, -0.25) is 9.88 Å². The molecule has 1 aliphatic rings. The molecular formula is C15H18ClN3. The first-order chi connectivity index (χ1) is 9.16. The fourth-order valence-electron chi connectivity index (χ4n) is 2.80. The summed E-state index contributed by atoms with van der Waals surface area (Å²) < 4.78 is 0. The Morgan fingerprint density at radius 1 is 1.42 bits per heavy atom. The molecule has 0 saturated carbocycles. The van der Waals surface area contributed by atoms with Gasteiger partial charge in [0.2, 0.25) is 0 Å². The van der Waals surface area contributed by atoms with Gasteiger partial charge in [-0.1, -0.05) is 17.7 Å². The molecule has 0 radical (unpaired) electrons. The summed E-state index contributed by atoms with van der Waals surface area (Å²) >= 11 is 6.22. The molecule has 1 aliphatic heterocycles. The summed E-state index contributed by atoms with van der Waals surface area (Å²) in [5.41, 5.74) is 8.31. The van der Waals surface area contributed by atoms with Crippen molar-refractivity contribution in [2.45, 2.75) is 32.0 Å². The highest BCUT2D eigenvalue weighted by Gasteiger charge is 2.27. The van der Waals surface area contributed by atoms with Crippen LogP contribution >= 0.6 is 11.6 Å². The van der Waals surface area contributed by atoms with Crippen molar-refractivity contribution in [3.63, 3.8) is 0 Å². The number of halogens is 1. The molecule has 4 heteroatoms. The van der Waals surface area contributed by atoms with E-state index in [1.807, 2.05) is 24.4 Å². The van der Waals surface area contributed by atoms with Gasteiger partial charge >= 0.3 is 0 Å². The van der Waals surface area contributed by atoms with Gasteiger partial charge in [0.15, 0.2) is 0 Å². The second kappa shape index (κ2) is 5.08. The van der Waals surface area contributed by atoms with Gasteiger partial charge < -0.3 is 5.73 Å². The lowest BCUT2D eigenvalue weighted by Gasteiger charge is -2.23. The van der Waals surface area contributed by atoms with E-state index in [9.17, 15) is 0 Å². The summed E-state index contributed by atoms with van der Waals surface area (Å²) in [7, 11) is 0. The molecule has 0 spiro atoms. The molecular weight excluding hydrogens is 258 g/mol. The van der Waals surface area contributed by atoms with E-state index in [0.717, 1.165) is 35.4 Å². The molecule has 1 saturated heterocycles. The third-order valence-corrected chi connectivity index (χ3v) is 4.45. The first-order valence-corrected chi connectivity index (χ1v) is 7.06. The third-order valence-electron chi connectivity index (χ3n) is 4.12. The average Bonchev–Trinajstić information content (AvgIpc) is 2.74. The number of rotatable bonds is 2. The SMILES string of the molecule is CC1C(N)CCN1Cc1ccc(Cl)c2cccnc12. The molecule has 2 atom stereocenters. The maximum Gasteiger partial charge on any atom is 0.0761 e. The molecule has 1 fully saturated rings. The average molecular weight is 276 g/mol. The summed E-state index contributed by atoms with van der Waals surface area (Å²) in [4.78, 5) is 6.90. The predicted molar refractivity (Wildman–Crippen MR) is 79.2 cm³/mol. The normalized spacial score (nSPS) is 24.2. The van der Waals surface area contributed by atoms with Crippen LogP contribution in [0.1, 0.15) is 18.9 Å². The number of nitrogens with two attached hydrogens (primary N) is 1. The number of benzene rings is 1. The second-order valence-electron chi connectivity index (χ2n) is 5.27. The van der Waals surface area contributed by atoms with E-state index < -0.39 is 0 Å². The Balaban J connectivity index is 1.96. The second-order valence-corrected chi connectivity index (χ2v) is 5.68. The summed E-state index contributed by atoms with van der Waals surface area (Å²) in [6.07, 6.45) is 2.89. The largest absolute Gasteiger partial charge is 0.326 e. The van der Waals surface area contributed by atoms with Crippen LogP contribution in [0.5, 0.6) is 0 Å². The van der Waals surface area contributed by atoms with Crippen molar-refractivity contribution in [1.82, 2.24) is 9.88 Å². The van der Waals surface area contributed by atoms with Crippen molar-refractivity contribution in [3.8, 4) is 0 Å². The Morgan fingerprint density at radius 2 is 2.26 bits per heavy atom. The lowest BCUT2D eigenvalue weighted by atomic mass is 10.1. The summed E-state index contributed by atoms with van der Waals surface area (Å²) in [5.74, 6) is 0. The Bertz CT molecular complexity index is 599. The van der Waals surface area contributed by atoms with Crippen LogP contribution in [0, 0.1) is 0 Å². The number of fused-ring (bicyclic) bond motifs is 1. The van der Waals surface area contributed by atoms with Crippen molar-refractivity contribution >= 4 is 22.5 Å². The molecule has 2 N–H and O–H groups in total. The molecule has 100 valence electrons. The van der Waals surface area contributed by atoms with Gasteiger partial charge in [0.25, 0.3) is 0 Å². The number of hydrogen-bond acceptors (Lipinski definition) is 3. The van der Waals surface area contributed by atoms with E-state index in [1.165, 1.54) is 5.56 Å². The quantitative estimate of drug-likeness (QED) is 0.916. The minimum Gasteiger partial charge on any atom is -0.326 e. The van der Waals surface area contributed by atoms with Crippen LogP contribution in [0.15, 0.2) is 30.5 Å². The summed E-state index contributed by atoms with van der Waals surface area (Å²) in [6.45, 7) is 4.14. The maximum atomic E-state index is 6.22. The van der Waals surface area contributed by atoms with Crippen molar-refractivity contribution in [3.05, 3.63) is 41.0 Å². The van der Waals surface area contributed by atoms with Gasteiger partial charge in [-0.05, 0) is 37.1 Å². The Morgan fingerprint density at radius 3 is 3.00 bits per heavy atom. The van der Waals surface area contributed by atoms with Gasteiger partial charge in [0.1, 0.15) is 0 Å². The number of pyridine rings is 1. The molecule has 2 unspecified atom stereocenters. The molecule has 2 aromatic rings. The molecule has 2 heterocycles. The van der Waals surface area contributed by atoms with Gasteiger partial charge in [0, 0.05) is 41.8 Å². The van der Waals surface area contributed by atoms with E-state index in [4.69, 9.17) is 17.3 Å². The minimum atomic E-state index is 0.284. The van der Waals surface area contributed by atoms with Gasteiger partial charge in [-0.25, -0.2) is 0 Å². The lowest BCUT2D eigenvalue weighted by molar-refractivity contribution is 0.252. The number of likely N-dealkylation sites (tertiary alicyclic amines) is 1. The minimum absolute atomic E-state index is 0.284. The molecule has 1 aromatic carbocycles. The van der Waals surface area contributed by atoms with Crippen molar-refractivity contribution in [2.75, 3.05) is 6.54 Å². The van der Waals surface area contributed by atoms with E-state index in [0.29, 0.717) is 6.04 Å². The van der Waals surface area contributed by atoms with Crippen molar-refractivity contribution < 1.29 is 0 Å². The fourth-order valence-corrected chi connectivity index (χ4v) is 3.01. The van der Waals surface area contributed by atoms with E-state index in [2.05, 4.69) is 22.9 Å². The molecule has 3 rings (SSSR count). The molecule has 0 bridgehead atoms. The first kappa shape index (κ1) is 12.9. The Labute approximate surface area is 118 Å². The van der Waals surface area contributed by atoms with E-state index in [1.54, 1.807) is 0 Å². The highest BCUT2D eigenvalue weighted by molar-refractivity contribution is 6.35. The van der Waals surface area contributed by atoms with Crippen LogP contribution in [0.25, 0.3) is 10.9 Å². The molecule has 0 aliphatic carbocycles. The van der Waals surface area contributed by atoms with Crippen molar-refractivity contribution in [2.24, 2.45) is 5.73 Å². The number of aromatic nitrogens is 1. The highest BCUT2D eigenvalue weighted by atomic mass is 35.5. The van der Waals surface area contributed by atoms with Gasteiger partial charge in [-0.2, -0.15) is 0 Å². The fraction of sp³-hybridized carbons (Fsp3) is 0.400. The van der Waals surface area contributed by atoms with Crippen LogP contribution in [-0.2, 0) is 6.54 Å². The molecule has 1 aromatic heterocycles. The number of hydrogen-bond donors (Lipinski definition) is 1. The monoisotopic (exact) mass is 275 g/mol. The standard InChI is InChI=1S/C15H18ClN3/c1-10-14(17)6-8-19(10)9-11-4-5-13(16)12-3-2-7-18-15(11)12/h2-5,7,10,14H,6,8-9,17H2,1H3. The van der Waals surface area contributed by atoms with E-state index >= 15 is 0 Å². The third kappa shape index (κ3) is 2.34. The Hall–Kier alpha value is -1.16. The topological polar surface area (TPSA) is 42.1 Å². The maximum absolute atomic E-state index is 6.22. The zero-order valence-electron chi connectivity index (χ0n) is 11.0. The van der Waals surface area contributed by atoms with Crippen LogP contribution in [0.2, 0.25) is 5.02 Å². The van der Waals surface area contributed by atoms with Crippen molar-refractivity contribution in [1.29, 1.82) is 0 Å².